The molecule has 1 aliphatic heterocycles. The van der Waals surface area contributed by atoms with Gasteiger partial charge in [-0.05, 0) is 18.6 Å². The van der Waals surface area contributed by atoms with Crippen molar-refractivity contribution in [3.8, 4) is 11.5 Å². The number of phenols is 1. The van der Waals surface area contributed by atoms with Crippen LogP contribution in [-0.2, 0) is 9.53 Å². The van der Waals surface area contributed by atoms with Crippen LogP contribution in [0.5, 0.6) is 11.5 Å². The molecule has 5 nitrogen and oxygen atoms in total. The van der Waals surface area contributed by atoms with Crippen molar-refractivity contribution in [1.29, 1.82) is 0 Å². The van der Waals surface area contributed by atoms with Gasteiger partial charge < -0.3 is 14.6 Å². The SMILES string of the molecule is CCCOC(=O)C1(Oc2c(Cl)cc(O)cc2Cl)C=CC=NC1. The molecule has 0 bridgehead atoms. The maximum Gasteiger partial charge on any atom is 0.356 e. The molecular weight excluding hydrogens is 329 g/mol. The van der Waals surface area contributed by atoms with Crippen LogP contribution < -0.4 is 4.74 Å². The molecule has 1 aromatic carbocycles. The normalized spacial score (nSPS) is 20.0. The molecule has 0 saturated heterocycles. The first kappa shape index (κ1) is 16.6. The highest BCUT2D eigenvalue weighted by atomic mass is 35.5. The first-order valence-corrected chi connectivity index (χ1v) is 7.46. The summed E-state index contributed by atoms with van der Waals surface area (Å²) in [5, 5.41) is 9.65. The Balaban J connectivity index is 2.34. The second-order valence-electron chi connectivity index (χ2n) is 4.71. The minimum Gasteiger partial charge on any atom is -0.508 e. The molecule has 7 heteroatoms. The Morgan fingerprint density at radius 2 is 2.09 bits per heavy atom. The Hall–Kier alpha value is -1.72. The largest absolute Gasteiger partial charge is 0.508 e. The Labute approximate surface area is 138 Å². The summed E-state index contributed by atoms with van der Waals surface area (Å²) in [6.07, 6.45) is 5.40. The van der Waals surface area contributed by atoms with E-state index in [-0.39, 0.29) is 34.7 Å². The number of benzene rings is 1. The van der Waals surface area contributed by atoms with Crippen molar-refractivity contribution in [3.05, 3.63) is 34.3 Å². The zero-order valence-electron chi connectivity index (χ0n) is 11.9. The van der Waals surface area contributed by atoms with Crippen LogP contribution in [0.1, 0.15) is 13.3 Å². The predicted molar refractivity (Wildman–Crippen MR) is 85.2 cm³/mol. The standard InChI is InChI=1S/C15H15Cl2NO4/c1-2-6-21-14(20)15(4-3-5-18-9-15)22-13-11(16)7-10(19)8-12(13)17/h3-5,7-8,19H,2,6,9H2,1H3. The number of rotatable bonds is 5. The van der Waals surface area contributed by atoms with Crippen LogP contribution in [0.3, 0.4) is 0 Å². The van der Waals surface area contributed by atoms with E-state index in [1.165, 1.54) is 12.1 Å². The summed E-state index contributed by atoms with van der Waals surface area (Å²) in [5.74, 6) is -0.568. The van der Waals surface area contributed by atoms with Crippen LogP contribution in [0.2, 0.25) is 10.0 Å². The lowest BCUT2D eigenvalue weighted by atomic mass is 10.0. The highest BCUT2D eigenvalue weighted by Crippen LogP contribution is 2.39. The summed E-state index contributed by atoms with van der Waals surface area (Å²) in [4.78, 5) is 16.4. The van der Waals surface area contributed by atoms with Crippen molar-refractivity contribution in [2.75, 3.05) is 13.2 Å². The van der Waals surface area contributed by atoms with E-state index in [1.807, 2.05) is 6.92 Å². The summed E-state index contributed by atoms with van der Waals surface area (Å²) in [6.45, 7) is 2.22. The van der Waals surface area contributed by atoms with Crippen molar-refractivity contribution >= 4 is 35.4 Å². The van der Waals surface area contributed by atoms with Gasteiger partial charge >= 0.3 is 5.97 Å². The fourth-order valence-electron chi connectivity index (χ4n) is 1.88. The van der Waals surface area contributed by atoms with Gasteiger partial charge in [0.25, 0.3) is 0 Å². The molecule has 118 valence electrons. The topological polar surface area (TPSA) is 68.1 Å². The zero-order valence-corrected chi connectivity index (χ0v) is 13.4. The predicted octanol–water partition coefficient (Wildman–Crippen LogP) is 3.41. The molecule has 0 aliphatic carbocycles. The summed E-state index contributed by atoms with van der Waals surface area (Å²) < 4.78 is 11.0. The van der Waals surface area contributed by atoms with E-state index < -0.39 is 11.6 Å². The van der Waals surface area contributed by atoms with Gasteiger partial charge in [-0.15, -0.1) is 0 Å². The third-order valence-electron chi connectivity index (χ3n) is 2.93. The molecule has 0 radical (unpaired) electrons. The molecule has 0 fully saturated rings. The molecule has 1 aliphatic rings. The summed E-state index contributed by atoms with van der Waals surface area (Å²) in [6, 6.07) is 2.56. The Kier molecular flexibility index (Phi) is 5.32. The molecule has 1 heterocycles. The molecule has 1 aromatic rings. The summed E-state index contributed by atoms with van der Waals surface area (Å²) in [7, 11) is 0. The third-order valence-corrected chi connectivity index (χ3v) is 3.49. The molecule has 22 heavy (non-hydrogen) atoms. The number of carbonyl (C=O) groups excluding carboxylic acids is 1. The number of hydrogen-bond donors (Lipinski definition) is 1. The Morgan fingerprint density at radius 1 is 1.41 bits per heavy atom. The lowest BCUT2D eigenvalue weighted by Crippen LogP contribution is -2.48. The van der Waals surface area contributed by atoms with E-state index in [9.17, 15) is 9.90 Å². The smallest absolute Gasteiger partial charge is 0.356 e. The van der Waals surface area contributed by atoms with Crippen molar-refractivity contribution in [2.45, 2.75) is 18.9 Å². The second kappa shape index (κ2) is 7.03. The summed E-state index contributed by atoms with van der Waals surface area (Å²) >= 11 is 12.1. The van der Waals surface area contributed by atoms with Gasteiger partial charge in [0.2, 0.25) is 5.60 Å². The number of ether oxygens (including phenoxy) is 2. The molecule has 0 aromatic heterocycles. The number of phenolic OH excluding ortho intramolecular Hbond substituents is 1. The van der Waals surface area contributed by atoms with Crippen LogP contribution in [0.15, 0.2) is 29.3 Å². The average Bonchev–Trinajstić information content (AvgIpc) is 2.49. The number of carbonyl (C=O) groups is 1. The fraction of sp³-hybridized carbons (Fsp3) is 0.333. The number of halogens is 2. The van der Waals surface area contributed by atoms with Crippen molar-refractivity contribution < 1.29 is 19.4 Å². The molecule has 2 rings (SSSR count). The van der Waals surface area contributed by atoms with Crippen LogP contribution in [0, 0.1) is 0 Å². The van der Waals surface area contributed by atoms with Crippen molar-refractivity contribution in [1.82, 2.24) is 0 Å². The monoisotopic (exact) mass is 343 g/mol. The number of allylic oxidation sites excluding steroid dienone is 1. The molecule has 0 spiro atoms. The van der Waals surface area contributed by atoms with Crippen molar-refractivity contribution in [2.24, 2.45) is 4.99 Å². The van der Waals surface area contributed by atoms with Gasteiger partial charge in [-0.2, -0.15) is 0 Å². The van der Waals surface area contributed by atoms with Gasteiger partial charge in [-0.1, -0.05) is 30.1 Å². The van der Waals surface area contributed by atoms with E-state index >= 15 is 0 Å². The highest BCUT2D eigenvalue weighted by Gasteiger charge is 2.42. The zero-order chi connectivity index (χ0) is 16.2. The number of hydrogen-bond acceptors (Lipinski definition) is 5. The third kappa shape index (κ3) is 3.54. The lowest BCUT2D eigenvalue weighted by molar-refractivity contribution is -0.157. The van der Waals surface area contributed by atoms with Crippen LogP contribution in [-0.4, -0.2) is 36.0 Å². The lowest BCUT2D eigenvalue weighted by Gasteiger charge is -2.30. The maximum atomic E-state index is 12.4. The van der Waals surface area contributed by atoms with Crippen molar-refractivity contribution in [3.63, 3.8) is 0 Å². The number of dihydropyridines is 1. The average molecular weight is 344 g/mol. The van der Waals surface area contributed by atoms with Gasteiger partial charge in [-0.3, -0.25) is 4.99 Å². The number of esters is 1. The Bertz CT molecular complexity index is 607. The molecule has 0 amide bonds. The van der Waals surface area contributed by atoms with Gasteiger partial charge in [0.05, 0.1) is 23.2 Å². The number of nitrogens with zero attached hydrogens (tertiary/aromatic N) is 1. The quantitative estimate of drug-likeness (QED) is 0.831. The second-order valence-corrected chi connectivity index (χ2v) is 5.53. The minimum absolute atomic E-state index is 0.0551. The van der Waals surface area contributed by atoms with Gasteiger partial charge in [0.1, 0.15) is 5.75 Å². The molecule has 1 N–H and O–H groups in total. The fourth-order valence-corrected chi connectivity index (χ4v) is 2.44. The molecule has 1 unspecified atom stereocenters. The van der Waals surface area contributed by atoms with Gasteiger partial charge in [-0.25, -0.2) is 4.79 Å². The van der Waals surface area contributed by atoms with E-state index in [2.05, 4.69) is 4.99 Å². The van der Waals surface area contributed by atoms with Crippen LogP contribution >= 0.6 is 23.2 Å². The number of aromatic hydroxyl groups is 1. The first-order chi connectivity index (χ1) is 10.5. The highest BCUT2D eigenvalue weighted by molar-refractivity contribution is 6.37. The molecular formula is C15H15Cl2NO4. The summed E-state index contributed by atoms with van der Waals surface area (Å²) in [5.41, 5.74) is -1.42. The van der Waals surface area contributed by atoms with Crippen LogP contribution in [0.4, 0.5) is 0 Å². The van der Waals surface area contributed by atoms with Crippen LogP contribution in [0.25, 0.3) is 0 Å². The van der Waals surface area contributed by atoms with E-state index in [0.717, 1.165) is 0 Å². The van der Waals surface area contributed by atoms with E-state index in [4.69, 9.17) is 32.7 Å². The van der Waals surface area contributed by atoms with Gasteiger partial charge in [0, 0.05) is 18.3 Å². The number of aliphatic imine (C=N–C) groups is 1. The maximum absolute atomic E-state index is 12.4. The van der Waals surface area contributed by atoms with Gasteiger partial charge in [0.15, 0.2) is 5.75 Å². The minimum atomic E-state index is -1.42. The van der Waals surface area contributed by atoms with E-state index in [0.29, 0.717) is 6.42 Å². The van der Waals surface area contributed by atoms with E-state index in [1.54, 1.807) is 18.4 Å². The molecule has 1 atom stereocenters. The first-order valence-electron chi connectivity index (χ1n) is 6.70. The molecule has 0 saturated carbocycles. The Morgan fingerprint density at radius 3 is 2.64 bits per heavy atom.